The summed E-state index contributed by atoms with van der Waals surface area (Å²) in [5, 5.41) is 0.548. The van der Waals surface area contributed by atoms with Crippen molar-refractivity contribution in [3.8, 4) is 0 Å². The number of carbonyl (C=O) groups excluding carboxylic acids is 4. The number of rotatable bonds is 1. The lowest BCUT2D eigenvalue weighted by Crippen LogP contribution is -2.51. The van der Waals surface area contributed by atoms with E-state index in [1.54, 1.807) is 0 Å². The number of Topliss-reactive ketones (excluding diaryl/α,β-unsaturated/α-hetero) is 2. The van der Waals surface area contributed by atoms with Crippen LogP contribution < -0.4 is 4.90 Å². The first-order valence-electron chi connectivity index (χ1n) is 7.28. The maximum Gasteiger partial charge on any atom is 0.238 e. The number of benzene rings is 1. The lowest BCUT2D eigenvalue weighted by Gasteiger charge is -2.40. The molecule has 4 aliphatic rings. The molecule has 2 amide bonds. The lowest BCUT2D eigenvalue weighted by atomic mass is 9.58. The van der Waals surface area contributed by atoms with E-state index >= 15 is 0 Å². The van der Waals surface area contributed by atoms with E-state index in [0.717, 1.165) is 4.90 Å². The summed E-state index contributed by atoms with van der Waals surface area (Å²) in [7, 11) is 0. The van der Waals surface area contributed by atoms with Crippen LogP contribution in [0, 0.1) is 23.7 Å². The molecule has 1 aromatic rings. The van der Waals surface area contributed by atoms with E-state index < -0.39 is 35.5 Å². The number of hydrogen-bond donors (Lipinski definition) is 0. The zero-order chi connectivity index (χ0) is 16.5. The first-order valence-corrected chi connectivity index (χ1v) is 8.04. The molecule has 4 atom stereocenters. The predicted molar refractivity (Wildman–Crippen MR) is 82.2 cm³/mol. The van der Waals surface area contributed by atoms with Crippen LogP contribution in [0.1, 0.15) is 12.8 Å². The van der Waals surface area contributed by atoms with Crippen molar-refractivity contribution in [3.63, 3.8) is 0 Å². The van der Waals surface area contributed by atoms with Gasteiger partial charge < -0.3 is 0 Å². The number of carbonyl (C=O) groups is 4. The Morgan fingerprint density at radius 3 is 1.83 bits per heavy atom. The molecule has 0 radical (unpaired) electrons. The Kier molecular flexibility index (Phi) is 3.15. The largest absolute Gasteiger partial charge is 0.299 e. The SMILES string of the molecule is O=C1C[C@H]2C(=O)C[C@H]1[C@H]1C(=O)N(c3ccc(Cl)c(Cl)c3)C(=O)[C@H]12. The van der Waals surface area contributed by atoms with E-state index in [1.165, 1.54) is 18.2 Å². The molecule has 5 nitrogen and oxygen atoms in total. The summed E-state index contributed by atoms with van der Waals surface area (Å²) in [5.74, 6) is -3.80. The van der Waals surface area contributed by atoms with Crippen molar-refractivity contribution in [1.29, 1.82) is 0 Å². The second kappa shape index (κ2) is 4.89. The van der Waals surface area contributed by atoms with Gasteiger partial charge in [-0.25, -0.2) is 4.90 Å². The van der Waals surface area contributed by atoms with Crippen LogP contribution in [0.3, 0.4) is 0 Å². The van der Waals surface area contributed by atoms with Crippen molar-refractivity contribution < 1.29 is 19.2 Å². The van der Waals surface area contributed by atoms with Gasteiger partial charge in [0.2, 0.25) is 11.8 Å². The third-order valence-corrected chi connectivity index (χ3v) is 5.83. The standard InChI is InChI=1S/C16H11Cl2NO4/c17-9-2-1-6(3-10(9)18)19-15(22)13-7-4-11(20)8(5-12(7)21)14(13)16(19)23/h1-3,7-8,13-14H,4-5H2/t7-,8+,13-,14+. The second-order valence-corrected chi connectivity index (χ2v) is 7.03. The topological polar surface area (TPSA) is 71.5 Å². The molecule has 2 bridgehead atoms. The van der Waals surface area contributed by atoms with Gasteiger partial charge in [-0.2, -0.15) is 0 Å². The van der Waals surface area contributed by atoms with E-state index in [0.29, 0.717) is 10.7 Å². The Bertz CT molecular complexity index is 750. The van der Waals surface area contributed by atoms with Crippen molar-refractivity contribution >= 4 is 52.3 Å². The molecule has 1 aliphatic heterocycles. The molecule has 0 spiro atoms. The molecule has 1 saturated heterocycles. The number of ketones is 2. The smallest absolute Gasteiger partial charge is 0.238 e. The van der Waals surface area contributed by atoms with E-state index in [1.807, 2.05) is 0 Å². The highest BCUT2D eigenvalue weighted by atomic mass is 35.5. The highest BCUT2D eigenvalue weighted by molar-refractivity contribution is 6.42. The number of anilines is 1. The summed E-state index contributed by atoms with van der Waals surface area (Å²) in [4.78, 5) is 50.7. The molecule has 118 valence electrons. The monoisotopic (exact) mass is 351 g/mol. The molecule has 4 fully saturated rings. The van der Waals surface area contributed by atoms with Gasteiger partial charge in [0.05, 0.1) is 27.6 Å². The molecule has 0 N–H and O–H groups in total. The van der Waals surface area contributed by atoms with Crippen LogP contribution in [0.15, 0.2) is 18.2 Å². The van der Waals surface area contributed by atoms with Crippen molar-refractivity contribution in [1.82, 2.24) is 0 Å². The molecule has 1 aromatic carbocycles. The summed E-state index contributed by atoms with van der Waals surface area (Å²) in [5.41, 5.74) is 0.322. The van der Waals surface area contributed by atoms with Crippen LogP contribution in [-0.2, 0) is 19.2 Å². The van der Waals surface area contributed by atoms with Crippen molar-refractivity contribution in [2.75, 3.05) is 4.90 Å². The van der Waals surface area contributed by atoms with E-state index in [-0.39, 0.29) is 29.4 Å². The minimum atomic E-state index is -0.721. The lowest BCUT2D eigenvalue weighted by molar-refractivity contribution is -0.153. The van der Waals surface area contributed by atoms with Crippen LogP contribution >= 0.6 is 23.2 Å². The fraction of sp³-hybridized carbons (Fsp3) is 0.375. The average Bonchev–Trinajstić information content (AvgIpc) is 2.77. The Morgan fingerprint density at radius 2 is 1.35 bits per heavy atom. The Hall–Kier alpha value is -1.72. The Morgan fingerprint density at radius 1 is 0.826 bits per heavy atom. The number of hydrogen-bond acceptors (Lipinski definition) is 4. The van der Waals surface area contributed by atoms with Gasteiger partial charge in [0.25, 0.3) is 0 Å². The molecule has 0 unspecified atom stereocenters. The fourth-order valence-electron chi connectivity index (χ4n) is 4.06. The molecule has 3 saturated carbocycles. The Balaban J connectivity index is 1.79. The zero-order valence-corrected chi connectivity index (χ0v) is 13.3. The van der Waals surface area contributed by atoms with Gasteiger partial charge >= 0.3 is 0 Å². The first-order chi connectivity index (χ1) is 10.9. The van der Waals surface area contributed by atoms with Crippen molar-refractivity contribution in [3.05, 3.63) is 28.2 Å². The average molecular weight is 352 g/mol. The van der Waals surface area contributed by atoms with Crippen LogP contribution in [0.4, 0.5) is 5.69 Å². The summed E-state index contributed by atoms with van der Waals surface area (Å²) >= 11 is 11.8. The van der Waals surface area contributed by atoms with E-state index in [4.69, 9.17) is 23.2 Å². The first kappa shape index (κ1) is 14.8. The third-order valence-electron chi connectivity index (χ3n) is 5.10. The number of halogens is 2. The summed E-state index contributed by atoms with van der Waals surface area (Å²) in [6, 6.07) is 4.49. The quantitative estimate of drug-likeness (QED) is 0.727. The summed E-state index contributed by atoms with van der Waals surface area (Å²) < 4.78 is 0. The number of nitrogens with zero attached hydrogens (tertiary/aromatic N) is 1. The van der Waals surface area contributed by atoms with Gasteiger partial charge in [-0.3, -0.25) is 19.2 Å². The second-order valence-electron chi connectivity index (χ2n) is 6.22. The number of imide groups is 1. The maximum atomic E-state index is 12.8. The van der Waals surface area contributed by atoms with Crippen molar-refractivity contribution in [2.24, 2.45) is 23.7 Å². The maximum absolute atomic E-state index is 12.8. The molecule has 5 rings (SSSR count). The molecular weight excluding hydrogens is 341 g/mol. The Labute approximate surface area is 141 Å². The highest BCUT2D eigenvalue weighted by Gasteiger charge is 2.63. The van der Waals surface area contributed by atoms with Crippen molar-refractivity contribution in [2.45, 2.75) is 12.8 Å². The molecule has 3 aliphatic carbocycles. The highest BCUT2D eigenvalue weighted by Crippen LogP contribution is 2.51. The predicted octanol–water partition coefficient (Wildman–Crippen LogP) is 2.28. The summed E-state index contributed by atoms with van der Waals surface area (Å²) in [6.07, 6.45) is 0.137. The number of amides is 2. The molecule has 23 heavy (non-hydrogen) atoms. The van der Waals surface area contributed by atoms with Crippen LogP contribution in [0.25, 0.3) is 0 Å². The normalized spacial score (nSPS) is 32.7. The van der Waals surface area contributed by atoms with E-state index in [2.05, 4.69) is 0 Å². The van der Waals surface area contributed by atoms with Gasteiger partial charge in [-0.1, -0.05) is 23.2 Å². The van der Waals surface area contributed by atoms with Crippen LogP contribution in [0.5, 0.6) is 0 Å². The molecular formula is C16H11Cl2NO4. The van der Waals surface area contributed by atoms with Gasteiger partial charge in [-0.05, 0) is 18.2 Å². The molecule has 0 aromatic heterocycles. The van der Waals surface area contributed by atoms with Gasteiger partial charge in [0.1, 0.15) is 11.6 Å². The molecule has 1 heterocycles. The van der Waals surface area contributed by atoms with Gasteiger partial charge in [0.15, 0.2) is 0 Å². The van der Waals surface area contributed by atoms with Crippen LogP contribution in [-0.4, -0.2) is 23.4 Å². The van der Waals surface area contributed by atoms with E-state index in [9.17, 15) is 19.2 Å². The summed E-state index contributed by atoms with van der Waals surface area (Å²) in [6.45, 7) is 0. The third kappa shape index (κ3) is 1.93. The number of fused-ring (bicyclic) bond motifs is 2. The minimum absolute atomic E-state index is 0.0684. The van der Waals surface area contributed by atoms with Crippen LogP contribution in [0.2, 0.25) is 10.0 Å². The van der Waals surface area contributed by atoms with Gasteiger partial charge in [0, 0.05) is 24.7 Å². The molecule has 7 heteroatoms. The zero-order valence-electron chi connectivity index (χ0n) is 11.8. The minimum Gasteiger partial charge on any atom is -0.299 e. The van der Waals surface area contributed by atoms with Gasteiger partial charge in [-0.15, -0.1) is 0 Å². The fourth-order valence-corrected chi connectivity index (χ4v) is 4.35.